The first-order chi connectivity index (χ1) is 11.7. The SMILES string of the molecule is CC(C)(C)c1ccc2c(c1)Oc1ccc(C(C)(C)C)c3cccc-2c13. The Balaban J connectivity index is 2.01. The van der Waals surface area contributed by atoms with E-state index in [1.807, 2.05) is 0 Å². The number of ether oxygens (including phenoxy) is 1. The monoisotopic (exact) mass is 330 g/mol. The van der Waals surface area contributed by atoms with Crippen molar-refractivity contribution in [3.63, 3.8) is 0 Å². The molecule has 0 aromatic heterocycles. The molecule has 1 heteroatoms. The highest BCUT2D eigenvalue weighted by Crippen LogP contribution is 2.49. The molecule has 128 valence electrons. The van der Waals surface area contributed by atoms with Gasteiger partial charge >= 0.3 is 0 Å². The summed E-state index contributed by atoms with van der Waals surface area (Å²) in [5.41, 5.74) is 5.35. The molecule has 0 atom stereocenters. The fraction of sp³-hybridized carbons (Fsp3) is 0.333. The first-order valence-electron chi connectivity index (χ1n) is 9.05. The van der Waals surface area contributed by atoms with Gasteiger partial charge < -0.3 is 4.74 Å². The highest BCUT2D eigenvalue weighted by atomic mass is 16.5. The summed E-state index contributed by atoms with van der Waals surface area (Å²) in [6.45, 7) is 13.5. The molecule has 0 spiro atoms. The van der Waals surface area contributed by atoms with Crippen LogP contribution in [-0.4, -0.2) is 0 Å². The van der Waals surface area contributed by atoms with E-state index in [9.17, 15) is 0 Å². The molecule has 3 aromatic rings. The molecule has 0 N–H and O–H groups in total. The molecule has 0 saturated carbocycles. The molecule has 1 aliphatic heterocycles. The Labute approximate surface area is 150 Å². The Bertz CT molecular complexity index is 981. The van der Waals surface area contributed by atoms with Crippen molar-refractivity contribution in [2.24, 2.45) is 0 Å². The van der Waals surface area contributed by atoms with Gasteiger partial charge in [-0.05, 0) is 45.0 Å². The number of hydrogen-bond donors (Lipinski definition) is 0. The third-order valence-corrected chi connectivity index (χ3v) is 5.17. The van der Waals surface area contributed by atoms with Gasteiger partial charge in [0.2, 0.25) is 0 Å². The van der Waals surface area contributed by atoms with Crippen LogP contribution in [0.5, 0.6) is 11.5 Å². The van der Waals surface area contributed by atoms with Crippen molar-refractivity contribution < 1.29 is 4.74 Å². The van der Waals surface area contributed by atoms with Gasteiger partial charge in [-0.2, -0.15) is 0 Å². The van der Waals surface area contributed by atoms with Gasteiger partial charge in [0.15, 0.2) is 0 Å². The summed E-state index contributed by atoms with van der Waals surface area (Å²) in [5, 5.41) is 2.54. The molecule has 0 amide bonds. The molecule has 0 fully saturated rings. The maximum Gasteiger partial charge on any atom is 0.135 e. The fourth-order valence-electron chi connectivity index (χ4n) is 3.75. The normalized spacial score (nSPS) is 13.5. The van der Waals surface area contributed by atoms with E-state index in [0.717, 1.165) is 11.5 Å². The molecule has 0 bridgehead atoms. The largest absolute Gasteiger partial charge is 0.456 e. The van der Waals surface area contributed by atoms with Crippen LogP contribution in [0.1, 0.15) is 52.7 Å². The smallest absolute Gasteiger partial charge is 0.135 e. The van der Waals surface area contributed by atoms with Crippen molar-refractivity contribution >= 4 is 10.8 Å². The molecular formula is C24H26O. The summed E-state index contributed by atoms with van der Waals surface area (Å²) < 4.78 is 6.35. The standard InChI is InChI=1S/C24H26O/c1-23(2,3)15-10-11-16-17-8-7-9-18-19(24(4,5)6)12-13-20(22(17)18)25-21(16)14-15/h7-14H,1-6H3. The lowest BCUT2D eigenvalue weighted by molar-refractivity contribution is 0.482. The number of rotatable bonds is 0. The van der Waals surface area contributed by atoms with Crippen LogP contribution in [0.3, 0.4) is 0 Å². The lowest BCUT2D eigenvalue weighted by atomic mass is 9.81. The minimum Gasteiger partial charge on any atom is -0.456 e. The molecule has 4 rings (SSSR count). The van der Waals surface area contributed by atoms with Gasteiger partial charge in [-0.25, -0.2) is 0 Å². The van der Waals surface area contributed by atoms with Gasteiger partial charge in [0.25, 0.3) is 0 Å². The van der Waals surface area contributed by atoms with Crippen molar-refractivity contribution in [1.82, 2.24) is 0 Å². The van der Waals surface area contributed by atoms with Crippen LogP contribution in [0.2, 0.25) is 0 Å². The van der Waals surface area contributed by atoms with Crippen molar-refractivity contribution in [2.45, 2.75) is 52.4 Å². The molecule has 25 heavy (non-hydrogen) atoms. The highest BCUT2D eigenvalue weighted by Gasteiger charge is 2.25. The molecule has 1 nitrogen and oxygen atoms in total. The molecule has 1 heterocycles. The van der Waals surface area contributed by atoms with Crippen LogP contribution in [-0.2, 0) is 10.8 Å². The van der Waals surface area contributed by atoms with Crippen LogP contribution in [0.25, 0.3) is 21.9 Å². The summed E-state index contributed by atoms with van der Waals surface area (Å²) in [7, 11) is 0. The summed E-state index contributed by atoms with van der Waals surface area (Å²) in [6, 6.07) is 17.6. The number of hydrogen-bond acceptors (Lipinski definition) is 1. The zero-order chi connectivity index (χ0) is 18.0. The average molecular weight is 330 g/mol. The maximum atomic E-state index is 6.35. The van der Waals surface area contributed by atoms with Crippen molar-refractivity contribution in [2.75, 3.05) is 0 Å². The second-order valence-corrected chi connectivity index (χ2v) is 9.15. The van der Waals surface area contributed by atoms with E-state index in [2.05, 4.69) is 90.1 Å². The topological polar surface area (TPSA) is 9.23 Å². The molecular weight excluding hydrogens is 304 g/mol. The van der Waals surface area contributed by atoms with Crippen LogP contribution >= 0.6 is 0 Å². The Morgan fingerprint density at radius 1 is 0.680 bits per heavy atom. The summed E-state index contributed by atoms with van der Waals surface area (Å²) >= 11 is 0. The molecule has 0 unspecified atom stereocenters. The number of benzene rings is 3. The van der Waals surface area contributed by atoms with Crippen molar-refractivity contribution in [3.05, 3.63) is 59.7 Å². The van der Waals surface area contributed by atoms with E-state index in [0.29, 0.717) is 0 Å². The van der Waals surface area contributed by atoms with E-state index in [4.69, 9.17) is 4.74 Å². The fourth-order valence-corrected chi connectivity index (χ4v) is 3.75. The molecule has 1 aliphatic rings. The first kappa shape index (κ1) is 16.2. The maximum absolute atomic E-state index is 6.35. The Hall–Kier alpha value is -2.28. The van der Waals surface area contributed by atoms with Crippen LogP contribution in [0.4, 0.5) is 0 Å². The van der Waals surface area contributed by atoms with Crippen molar-refractivity contribution in [3.8, 4) is 22.6 Å². The second kappa shape index (κ2) is 5.11. The van der Waals surface area contributed by atoms with Gasteiger partial charge in [0, 0.05) is 10.9 Å². The van der Waals surface area contributed by atoms with E-state index in [-0.39, 0.29) is 10.8 Å². The summed E-state index contributed by atoms with van der Waals surface area (Å²) in [6.07, 6.45) is 0. The minimum atomic E-state index is 0.105. The van der Waals surface area contributed by atoms with Crippen LogP contribution in [0, 0.1) is 0 Å². The molecule has 3 aromatic carbocycles. The highest BCUT2D eigenvalue weighted by molar-refractivity contribution is 6.05. The van der Waals surface area contributed by atoms with Gasteiger partial charge in [-0.3, -0.25) is 0 Å². The zero-order valence-corrected chi connectivity index (χ0v) is 16.0. The third-order valence-electron chi connectivity index (χ3n) is 5.17. The van der Waals surface area contributed by atoms with Crippen molar-refractivity contribution in [1.29, 1.82) is 0 Å². The van der Waals surface area contributed by atoms with E-state index >= 15 is 0 Å². The van der Waals surface area contributed by atoms with Crippen LogP contribution in [0.15, 0.2) is 48.5 Å². The quantitative estimate of drug-likeness (QED) is 0.331. The van der Waals surface area contributed by atoms with Gasteiger partial charge in [-0.1, -0.05) is 77.9 Å². The van der Waals surface area contributed by atoms with Crippen LogP contribution < -0.4 is 4.74 Å². The lowest BCUT2D eigenvalue weighted by Gasteiger charge is -2.28. The average Bonchev–Trinajstić information content (AvgIpc) is 2.53. The predicted molar refractivity (Wildman–Crippen MR) is 107 cm³/mol. The molecule has 0 aliphatic carbocycles. The van der Waals surface area contributed by atoms with Gasteiger partial charge in [0.05, 0.1) is 0 Å². The lowest BCUT2D eigenvalue weighted by Crippen LogP contribution is -2.13. The zero-order valence-electron chi connectivity index (χ0n) is 16.0. The Morgan fingerprint density at radius 3 is 2.12 bits per heavy atom. The van der Waals surface area contributed by atoms with E-state index < -0.39 is 0 Å². The predicted octanol–water partition coefficient (Wildman–Crippen LogP) is 7.21. The van der Waals surface area contributed by atoms with E-state index in [1.54, 1.807) is 0 Å². The Kier molecular flexibility index (Phi) is 3.31. The van der Waals surface area contributed by atoms with E-state index in [1.165, 1.54) is 33.0 Å². The second-order valence-electron chi connectivity index (χ2n) is 9.15. The first-order valence-corrected chi connectivity index (χ1v) is 9.05. The molecule has 0 radical (unpaired) electrons. The van der Waals surface area contributed by atoms with Gasteiger partial charge in [-0.15, -0.1) is 0 Å². The Morgan fingerprint density at radius 2 is 1.44 bits per heavy atom. The number of fused-ring (bicyclic) bond motifs is 2. The minimum absolute atomic E-state index is 0.105. The van der Waals surface area contributed by atoms with Gasteiger partial charge in [0.1, 0.15) is 11.5 Å². The summed E-state index contributed by atoms with van der Waals surface area (Å²) in [4.78, 5) is 0. The third kappa shape index (κ3) is 2.54. The molecule has 0 saturated heterocycles. The summed E-state index contributed by atoms with van der Waals surface area (Å²) in [5.74, 6) is 1.94.